The van der Waals surface area contributed by atoms with Gasteiger partial charge in [0.05, 0.1) is 12.1 Å². The first-order chi connectivity index (χ1) is 13.6. The second kappa shape index (κ2) is 6.63. The molecule has 3 aliphatic rings. The summed E-state index contributed by atoms with van der Waals surface area (Å²) < 4.78 is 0. The fourth-order valence-corrected chi connectivity index (χ4v) is 4.44. The second-order valence-electron chi connectivity index (χ2n) is 7.91. The van der Waals surface area contributed by atoms with Crippen molar-refractivity contribution in [3.63, 3.8) is 0 Å². The first kappa shape index (κ1) is 17.3. The molecule has 6 heteroatoms. The van der Waals surface area contributed by atoms with Gasteiger partial charge in [-0.1, -0.05) is 0 Å². The molecule has 28 heavy (non-hydrogen) atoms. The van der Waals surface area contributed by atoms with Crippen LogP contribution in [0.4, 0.5) is 17.1 Å². The van der Waals surface area contributed by atoms with Crippen molar-refractivity contribution in [3.8, 4) is 0 Å². The Morgan fingerprint density at radius 3 is 2.43 bits per heavy atom. The molecule has 1 N–H and O–H groups in total. The highest BCUT2D eigenvalue weighted by atomic mass is 16.2. The number of nitrogens with one attached hydrogen (secondary N) is 1. The summed E-state index contributed by atoms with van der Waals surface area (Å²) in [6.45, 7) is 4.92. The lowest BCUT2D eigenvalue weighted by atomic mass is 10.0. The van der Waals surface area contributed by atoms with Gasteiger partial charge in [-0.25, -0.2) is 0 Å². The van der Waals surface area contributed by atoms with E-state index in [1.54, 1.807) is 0 Å². The molecule has 1 fully saturated rings. The van der Waals surface area contributed by atoms with Crippen LogP contribution < -0.4 is 15.1 Å². The molecular formula is C22H24N4O2. The average molecular weight is 376 g/mol. The Morgan fingerprint density at radius 1 is 0.964 bits per heavy atom. The third-order valence-corrected chi connectivity index (χ3v) is 6.04. The van der Waals surface area contributed by atoms with Gasteiger partial charge in [-0.15, -0.1) is 0 Å². The van der Waals surface area contributed by atoms with Gasteiger partial charge in [0.25, 0.3) is 5.91 Å². The lowest BCUT2D eigenvalue weighted by Gasteiger charge is -2.34. The summed E-state index contributed by atoms with van der Waals surface area (Å²) in [6, 6.07) is 11.9. The van der Waals surface area contributed by atoms with Crippen LogP contribution in [-0.4, -0.2) is 56.5 Å². The number of amides is 2. The molecule has 0 spiro atoms. The summed E-state index contributed by atoms with van der Waals surface area (Å²) in [6.07, 6.45) is 1.23. The van der Waals surface area contributed by atoms with Crippen molar-refractivity contribution in [2.45, 2.75) is 12.8 Å². The van der Waals surface area contributed by atoms with E-state index in [0.29, 0.717) is 12.0 Å². The Kier molecular flexibility index (Phi) is 4.09. The predicted octanol–water partition coefficient (Wildman–Crippen LogP) is 2.14. The van der Waals surface area contributed by atoms with Gasteiger partial charge in [0.1, 0.15) is 0 Å². The maximum Gasteiger partial charge on any atom is 0.255 e. The molecule has 3 heterocycles. The molecule has 0 aliphatic carbocycles. The summed E-state index contributed by atoms with van der Waals surface area (Å²) >= 11 is 0. The van der Waals surface area contributed by atoms with Crippen LogP contribution in [0.1, 0.15) is 21.5 Å². The second-order valence-corrected chi connectivity index (χ2v) is 7.91. The van der Waals surface area contributed by atoms with E-state index in [1.165, 1.54) is 5.69 Å². The summed E-state index contributed by atoms with van der Waals surface area (Å²) in [4.78, 5) is 31.4. The minimum absolute atomic E-state index is 0.121. The molecule has 6 nitrogen and oxygen atoms in total. The molecule has 0 saturated carbocycles. The number of hydrogen-bond donors (Lipinski definition) is 1. The van der Waals surface area contributed by atoms with E-state index < -0.39 is 0 Å². The fraction of sp³-hybridized carbons (Fsp3) is 0.364. The monoisotopic (exact) mass is 376 g/mol. The van der Waals surface area contributed by atoms with Crippen LogP contribution in [-0.2, 0) is 17.6 Å². The van der Waals surface area contributed by atoms with Crippen molar-refractivity contribution in [1.82, 2.24) is 4.90 Å². The molecule has 2 amide bonds. The molecule has 5 rings (SSSR count). The standard InChI is InChI=1S/C22H24N4O2/c1-24-8-10-25(11-9-24)19-4-2-18(3-5-19)23-22(28)17-12-15-6-7-26-20(27)14-16(13-17)21(15)26/h2-5,12-13H,6-11,14H2,1H3,(H,23,28). The number of anilines is 3. The lowest BCUT2D eigenvalue weighted by Crippen LogP contribution is -2.44. The van der Waals surface area contributed by atoms with Gasteiger partial charge in [-0.05, 0) is 61.0 Å². The smallest absolute Gasteiger partial charge is 0.255 e. The zero-order chi connectivity index (χ0) is 19.3. The third-order valence-electron chi connectivity index (χ3n) is 6.04. The molecule has 0 aromatic heterocycles. The molecule has 3 aliphatic heterocycles. The number of likely N-dealkylation sites (N-methyl/N-ethyl adjacent to an activating group) is 1. The van der Waals surface area contributed by atoms with Crippen molar-refractivity contribution in [1.29, 1.82) is 0 Å². The van der Waals surface area contributed by atoms with E-state index in [4.69, 9.17) is 0 Å². The minimum Gasteiger partial charge on any atom is -0.369 e. The minimum atomic E-state index is -0.121. The number of piperazine rings is 1. The molecule has 0 unspecified atom stereocenters. The van der Waals surface area contributed by atoms with E-state index in [-0.39, 0.29) is 11.8 Å². The van der Waals surface area contributed by atoms with Crippen molar-refractivity contribution in [2.75, 3.05) is 54.9 Å². The van der Waals surface area contributed by atoms with Crippen LogP contribution in [0.2, 0.25) is 0 Å². The van der Waals surface area contributed by atoms with Gasteiger partial charge >= 0.3 is 0 Å². The maximum absolute atomic E-state index is 12.8. The van der Waals surface area contributed by atoms with Crippen LogP contribution in [0, 0.1) is 0 Å². The highest BCUT2D eigenvalue weighted by Crippen LogP contribution is 2.38. The Bertz CT molecular complexity index is 946. The summed E-state index contributed by atoms with van der Waals surface area (Å²) in [5, 5.41) is 3.00. The van der Waals surface area contributed by atoms with Crippen molar-refractivity contribution >= 4 is 28.9 Å². The zero-order valence-corrected chi connectivity index (χ0v) is 16.1. The van der Waals surface area contributed by atoms with E-state index in [0.717, 1.165) is 61.6 Å². The molecule has 1 saturated heterocycles. The molecule has 144 valence electrons. The van der Waals surface area contributed by atoms with E-state index in [1.807, 2.05) is 29.2 Å². The number of benzene rings is 2. The van der Waals surface area contributed by atoms with Crippen LogP contribution in [0.25, 0.3) is 0 Å². The lowest BCUT2D eigenvalue weighted by molar-refractivity contribution is -0.117. The van der Waals surface area contributed by atoms with E-state index in [2.05, 4.69) is 34.3 Å². The highest BCUT2D eigenvalue weighted by Gasteiger charge is 2.34. The van der Waals surface area contributed by atoms with Crippen LogP contribution >= 0.6 is 0 Å². The zero-order valence-electron chi connectivity index (χ0n) is 16.1. The van der Waals surface area contributed by atoms with Gasteiger partial charge in [-0.3, -0.25) is 9.59 Å². The summed E-state index contributed by atoms with van der Waals surface area (Å²) in [7, 11) is 2.15. The first-order valence-corrected chi connectivity index (χ1v) is 9.89. The van der Waals surface area contributed by atoms with Gasteiger partial charge in [0.2, 0.25) is 5.91 Å². The largest absolute Gasteiger partial charge is 0.369 e. The quantitative estimate of drug-likeness (QED) is 0.892. The Morgan fingerprint density at radius 2 is 1.68 bits per heavy atom. The molecular weight excluding hydrogens is 352 g/mol. The van der Waals surface area contributed by atoms with Crippen LogP contribution in [0.5, 0.6) is 0 Å². The van der Waals surface area contributed by atoms with Gasteiger partial charge < -0.3 is 20.0 Å². The maximum atomic E-state index is 12.8. The molecule has 0 atom stereocenters. The van der Waals surface area contributed by atoms with Crippen molar-refractivity contribution in [3.05, 3.63) is 53.1 Å². The molecule has 0 radical (unpaired) electrons. The van der Waals surface area contributed by atoms with Gasteiger partial charge in [-0.2, -0.15) is 0 Å². The number of carbonyl (C=O) groups is 2. The van der Waals surface area contributed by atoms with E-state index in [9.17, 15) is 9.59 Å². The number of carbonyl (C=O) groups excluding carboxylic acids is 2. The normalized spacial score (nSPS) is 18.5. The van der Waals surface area contributed by atoms with E-state index >= 15 is 0 Å². The number of hydrogen-bond acceptors (Lipinski definition) is 4. The number of nitrogens with zero attached hydrogens (tertiary/aromatic N) is 3. The molecule has 2 aromatic carbocycles. The van der Waals surface area contributed by atoms with Crippen LogP contribution in [0.15, 0.2) is 36.4 Å². The predicted molar refractivity (Wildman–Crippen MR) is 110 cm³/mol. The first-order valence-electron chi connectivity index (χ1n) is 9.89. The Balaban J connectivity index is 1.30. The summed E-state index contributed by atoms with van der Waals surface area (Å²) in [5.74, 6) is 0.0231. The topological polar surface area (TPSA) is 55.9 Å². The SMILES string of the molecule is CN1CCN(c2ccc(NC(=O)c3cc4c5c(c3)CC(=O)N5CC4)cc2)CC1. The van der Waals surface area contributed by atoms with Crippen LogP contribution in [0.3, 0.4) is 0 Å². The fourth-order valence-electron chi connectivity index (χ4n) is 4.44. The van der Waals surface area contributed by atoms with Gasteiger partial charge in [0, 0.05) is 49.7 Å². The Hall–Kier alpha value is -2.86. The Labute approximate surface area is 164 Å². The molecule has 2 aromatic rings. The number of rotatable bonds is 3. The average Bonchev–Trinajstić information content (AvgIpc) is 3.27. The highest BCUT2D eigenvalue weighted by molar-refractivity contribution is 6.08. The molecule has 0 bridgehead atoms. The van der Waals surface area contributed by atoms with Crippen molar-refractivity contribution in [2.24, 2.45) is 0 Å². The van der Waals surface area contributed by atoms with Gasteiger partial charge in [0.15, 0.2) is 0 Å². The summed E-state index contributed by atoms with van der Waals surface area (Å²) in [5.41, 5.74) is 5.74. The van der Waals surface area contributed by atoms with Crippen molar-refractivity contribution < 1.29 is 9.59 Å². The third kappa shape index (κ3) is 2.94.